The summed E-state index contributed by atoms with van der Waals surface area (Å²) in [5, 5.41) is 14.9. The molecular formula is C33H46ClN5O7S. The lowest BCUT2D eigenvalue weighted by atomic mass is 10.0. The number of sulfone groups is 1. The molecule has 3 aromatic rings. The molecule has 0 spiro atoms. The number of nitrogens with zero attached hydrogens (tertiary/aromatic N) is 2. The van der Waals surface area contributed by atoms with E-state index in [9.17, 15) is 23.1 Å². The number of ether oxygens (including phenoxy) is 1. The van der Waals surface area contributed by atoms with Gasteiger partial charge in [0.15, 0.2) is 0 Å². The minimum Gasteiger partial charge on any atom is -0.508 e. The van der Waals surface area contributed by atoms with Crippen LogP contribution in [-0.2, 0) is 20.3 Å². The van der Waals surface area contributed by atoms with Crippen molar-refractivity contribution >= 4 is 45.1 Å². The van der Waals surface area contributed by atoms with E-state index >= 15 is 0 Å². The quantitative estimate of drug-likeness (QED) is 0.0457. The van der Waals surface area contributed by atoms with E-state index in [4.69, 9.17) is 20.9 Å². The number of nitrogens with one attached hydrogen (secondary N) is 3. The molecule has 0 bridgehead atoms. The van der Waals surface area contributed by atoms with Gasteiger partial charge < -0.3 is 19.7 Å². The van der Waals surface area contributed by atoms with Crippen LogP contribution in [0.3, 0.4) is 0 Å². The number of esters is 1. The number of unbranched alkanes of at least 4 members (excludes halogenated alkanes) is 13. The van der Waals surface area contributed by atoms with E-state index in [-0.39, 0.29) is 28.0 Å². The summed E-state index contributed by atoms with van der Waals surface area (Å²) < 4.78 is 35.4. The van der Waals surface area contributed by atoms with E-state index < -0.39 is 32.7 Å². The van der Waals surface area contributed by atoms with E-state index in [1.165, 1.54) is 113 Å². The Bertz CT molecular complexity index is 1500. The normalized spacial score (nSPS) is 11.3. The maximum absolute atomic E-state index is 12.6. The fourth-order valence-electron chi connectivity index (χ4n) is 4.82. The first-order chi connectivity index (χ1) is 22.7. The molecule has 0 unspecified atom stereocenters. The van der Waals surface area contributed by atoms with Crippen molar-refractivity contribution in [3.8, 4) is 5.75 Å². The number of benzene rings is 2. The molecule has 47 heavy (non-hydrogen) atoms. The number of phenolic OH excluding ortho intramolecular Hbond substituents is 1. The number of phenols is 1. The lowest BCUT2D eigenvalue weighted by Gasteiger charge is -2.10. The van der Waals surface area contributed by atoms with E-state index in [1.54, 1.807) is 0 Å². The summed E-state index contributed by atoms with van der Waals surface area (Å²) >= 11 is 6.20. The molecule has 0 aliphatic heterocycles. The highest BCUT2D eigenvalue weighted by atomic mass is 35.5. The van der Waals surface area contributed by atoms with E-state index in [2.05, 4.69) is 33.2 Å². The molecule has 0 aliphatic carbocycles. The highest BCUT2D eigenvalue weighted by Gasteiger charge is 2.23. The minimum atomic E-state index is -3.96. The third-order valence-corrected chi connectivity index (χ3v) is 9.21. The SMILES string of the molecule is CCCCCCCCCCCCCCCCOC(=O)c1ccc(Cl)c(NC(=O)NNc2nc(S(=O)(=O)Cc3ccc(O)cc3)no2)c1. The van der Waals surface area contributed by atoms with Gasteiger partial charge >= 0.3 is 18.0 Å². The summed E-state index contributed by atoms with van der Waals surface area (Å²) in [4.78, 5) is 28.7. The molecule has 0 radical (unpaired) electrons. The number of anilines is 2. The number of hydrogen-bond acceptors (Lipinski definition) is 10. The monoisotopic (exact) mass is 691 g/mol. The summed E-state index contributed by atoms with van der Waals surface area (Å²) in [6, 6.07) is 8.84. The molecule has 4 N–H and O–H groups in total. The largest absolute Gasteiger partial charge is 0.508 e. The van der Waals surface area contributed by atoms with Gasteiger partial charge in [0.1, 0.15) is 5.75 Å². The van der Waals surface area contributed by atoms with Crippen LogP contribution >= 0.6 is 11.6 Å². The zero-order valence-corrected chi connectivity index (χ0v) is 28.5. The maximum atomic E-state index is 12.6. The molecule has 0 saturated heterocycles. The van der Waals surface area contributed by atoms with Crippen molar-refractivity contribution in [3.05, 3.63) is 58.6 Å². The van der Waals surface area contributed by atoms with Crippen LogP contribution in [0.15, 0.2) is 52.1 Å². The van der Waals surface area contributed by atoms with Gasteiger partial charge in [-0.05, 0) is 47.5 Å². The van der Waals surface area contributed by atoms with Crippen LogP contribution in [0, 0.1) is 0 Å². The topological polar surface area (TPSA) is 173 Å². The van der Waals surface area contributed by atoms with Gasteiger partial charge in [-0.3, -0.25) is 0 Å². The highest BCUT2D eigenvalue weighted by Crippen LogP contribution is 2.24. The van der Waals surface area contributed by atoms with Gasteiger partial charge in [0.2, 0.25) is 9.84 Å². The van der Waals surface area contributed by atoms with Crippen molar-refractivity contribution in [1.82, 2.24) is 15.6 Å². The van der Waals surface area contributed by atoms with Crippen molar-refractivity contribution < 1.29 is 32.4 Å². The summed E-state index contributed by atoms with van der Waals surface area (Å²) in [5.41, 5.74) is 5.35. The average molecular weight is 692 g/mol. The highest BCUT2D eigenvalue weighted by molar-refractivity contribution is 7.90. The van der Waals surface area contributed by atoms with Gasteiger partial charge in [-0.1, -0.05) is 114 Å². The first-order valence-corrected chi connectivity index (χ1v) is 18.3. The summed E-state index contributed by atoms with van der Waals surface area (Å²) in [5.74, 6) is -0.939. The zero-order chi connectivity index (χ0) is 33.9. The van der Waals surface area contributed by atoms with Gasteiger partial charge in [0, 0.05) is 0 Å². The first kappa shape index (κ1) is 37.6. The number of carbonyl (C=O) groups excluding carboxylic acids is 2. The molecule has 12 nitrogen and oxygen atoms in total. The number of aromatic nitrogens is 2. The number of urea groups is 1. The second-order valence-corrected chi connectivity index (χ2v) is 13.7. The number of aromatic hydroxyl groups is 1. The minimum absolute atomic E-state index is 0.00453. The number of hydrazine groups is 1. The van der Waals surface area contributed by atoms with Gasteiger partial charge in [-0.2, -0.15) is 4.98 Å². The Balaban J connectivity index is 1.32. The molecule has 1 aromatic heterocycles. The molecule has 2 aromatic carbocycles. The number of hydrogen-bond donors (Lipinski definition) is 4. The molecule has 0 fully saturated rings. The fraction of sp³-hybridized carbons (Fsp3) is 0.515. The predicted octanol–water partition coefficient (Wildman–Crippen LogP) is 8.19. The van der Waals surface area contributed by atoms with Crippen LogP contribution in [0.4, 0.5) is 16.5 Å². The van der Waals surface area contributed by atoms with Crippen LogP contribution in [0.1, 0.15) is 113 Å². The van der Waals surface area contributed by atoms with Gasteiger partial charge in [-0.25, -0.2) is 28.9 Å². The van der Waals surface area contributed by atoms with Gasteiger partial charge in [0.05, 0.1) is 28.6 Å². The van der Waals surface area contributed by atoms with E-state index in [0.29, 0.717) is 12.2 Å². The summed E-state index contributed by atoms with van der Waals surface area (Å²) in [6.45, 7) is 2.56. The third kappa shape index (κ3) is 14.2. The van der Waals surface area contributed by atoms with Crippen molar-refractivity contribution in [2.45, 2.75) is 108 Å². The maximum Gasteiger partial charge on any atom is 0.341 e. The average Bonchev–Trinajstić information content (AvgIpc) is 3.54. The number of carbonyl (C=O) groups is 2. The lowest BCUT2D eigenvalue weighted by molar-refractivity contribution is 0.0497. The molecule has 14 heteroatoms. The Morgan fingerprint density at radius 3 is 2.09 bits per heavy atom. The Morgan fingerprint density at radius 2 is 1.47 bits per heavy atom. The van der Waals surface area contributed by atoms with E-state index in [1.807, 2.05) is 0 Å². The molecule has 258 valence electrons. The second-order valence-electron chi connectivity index (χ2n) is 11.4. The summed E-state index contributed by atoms with van der Waals surface area (Å²) in [6.07, 6.45) is 17.4. The fourth-order valence-corrected chi connectivity index (χ4v) is 6.12. The molecule has 3 rings (SSSR count). The van der Waals surface area contributed by atoms with Crippen LogP contribution in [-0.4, -0.2) is 42.3 Å². The molecule has 0 atom stereocenters. The Kier molecular flexibility index (Phi) is 16.3. The van der Waals surface area contributed by atoms with Crippen molar-refractivity contribution in [2.75, 3.05) is 17.3 Å². The predicted molar refractivity (Wildman–Crippen MR) is 181 cm³/mol. The first-order valence-electron chi connectivity index (χ1n) is 16.3. The van der Waals surface area contributed by atoms with Crippen LogP contribution < -0.4 is 16.2 Å². The van der Waals surface area contributed by atoms with Crippen LogP contribution in [0.2, 0.25) is 5.02 Å². The third-order valence-electron chi connectivity index (χ3n) is 7.44. The smallest absolute Gasteiger partial charge is 0.341 e. The van der Waals surface area contributed by atoms with Gasteiger partial charge in [0.25, 0.3) is 5.16 Å². The molecule has 0 saturated carbocycles. The summed E-state index contributed by atoms with van der Waals surface area (Å²) in [7, 11) is -3.96. The lowest BCUT2D eigenvalue weighted by Crippen LogP contribution is -2.33. The molecular weight excluding hydrogens is 646 g/mol. The van der Waals surface area contributed by atoms with Gasteiger partial charge in [-0.15, -0.1) is 0 Å². The molecule has 0 aliphatic rings. The van der Waals surface area contributed by atoms with Crippen molar-refractivity contribution in [2.24, 2.45) is 0 Å². The number of rotatable bonds is 22. The number of halogens is 1. The van der Waals surface area contributed by atoms with Crippen LogP contribution in [0.5, 0.6) is 5.75 Å². The Hall–Kier alpha value is -3.84. The van der Waals surface area contributed by atoms with E-state index in [0.717, 1.165) is 19.3 Å². The number of amides is 2. The van der Waals surface area contributed by atoms with Crippen molar-refractivity contribution in [1.29, 1.82) is 0 Å². The second kappa shape index (κ2) is 20.4. The van der Waals surface area contributed by atoms with Crippen LogP contribution in [0.25, 0.3) is 0 Å². The standard InChI is InChI=1S/C33H46ClN5O7S/c1-2-3-4-5-6-7-8-9-10-11-12-13-14-15-22-45-30(41)26-18-21-28(34)29(23-26)35-31(42)37-38-32-36-33(39-46-32)47(43,44)24-25-16-19-27(40)20-17-25/h16-21,23,40H,2-15,22,24H2,1H3,(H2,35,37,42)(H,36,38,39). The molecule has 1 heterocycles. The Morgan fingerprint density at radius 1 is 0.872 bits per heavy atom. The Labute approximate surface area is 281 Å². The van der Waals surface area contributed by atoms with Crippen molar-refractivity contribution in [3.63, 3.8) is 0 Å². The molecule has 2 amide bonds. The zero-order valence-electron chi connectivity index (χ0n) is 26.9.